The van der Waals surface area contributed by atoms with Gasteiger partial charge in [0.2, 0.25) is 0 Å². The van der Waals surface area contributed by atoms with Gasteiger partial charge in [-0.25, -0.2) is 4.39 Å². The Morgan fingerprint density at radius 3 is 2.23 bits per heavy atom. The summed E-state index contributed by atoms with van der Waals surface area (Å²) < 4.78 is 12.5. The largest absolute Gasteiger partial charge is 0.313 e. The third kappa shape index (κ3) is 7.73. The molecule has 0 radical (unpaired) electrons. The Bertz CT molecular complexity index is 151. The highest BCUT2D eigenvalue weighted by atomic mass is 19.1. The molecule has 0 aliphatic rings. The van der Waals surface area contributed by atoms with Crippen molar-refractivity contribution in [2.45, 2.75) is 58.7 Å². The molecular formula is C10H21FN2. The maximum absolute atomic E-state index is 12.5. The number of nitrogens with two attached hydrogens (primary N) is 1. The zero-order valence-electron chi connectivity index (χ0n) is 9.10. The molecule has 0 aromatic carbocycles. The SMILES string of the molecule is CC.CCCC(N)(C#N)CC(C)F. The van der Waals surface area contributed by atoms with Crippen LogP contribution >= 0.6 is 0 Å². The highest BCUT2D eigenvalue weighted by Gasteiger charge is 2.25. The van der Waals surface area contributed by atoms with Crippen LogP contribution < -0.4 is 5.73 Å². The van der Waals surface area contributed by atoms with Gasteiger partial charge in [0.05, 0.1) is 6.07 Å². The number of alkyl halides is 1. The van der Waals surface area contributed by atoms with Crippen LogP contribution in [-0.4, -0.2) is 11.7 Å². The average molecular weight is 188 g/mol. The number of nitriles is 1. The van der Waals surface area contributed by atoms with E-state index in [9.17, 15) is 4.39 Å². The highest BCUT2D eigenvalue weighted by molar-refractivity contribution is 5.04. The fraction of sp³-hybridized carbons (Fsp3) is 0.900. The van der Waals surface area contributed by atoms with Gasteiger partial charge < -0.3 is 5.73 Å². The van der Waals surface area contributed by atoms with Crippen LogP contribution in [0.4, 0.5) is 4.39 Å². The van der Waals surface area contributed by atoms with Crippen molar-refractivity contribution in [1.29, 1.82) is 5.26 Å². The first-order chi connectivity index (χ1) is 6.04. The Kier molecular flexibility index (Phi) is 9.16. The predicted molar refractivity (Wildman–Crippen MR) is 54.0 cm³/mol. The summed E-state index contributed by atoms with van der Waals surface area (Å²) >= 11 is 0. The van der Waals surface area contributed by atoms with E-state index in [-0.39, 0.29) is 6.42 Å². The number of hydrogen-bond acceptors (Lipinski definition) is 2. The Morgan fingerprint density at radius 2 is 2.00 bits per heavy atom. The minimum absolute atomic E-state index is 0.136. The Balaban J connectivity index is 0. The molecule has 0 amide bonds. The summed E-state index contributed by atoms with van der Waals surface area (Å²) in [7, 11) is 0. The Labute approximate surface area is 80.9 Å². The molecule has 78 valence electrons. The van der Waals surface area contributed by atoms with E-state index in [1.807, 2.05) is 26.8 Å². The van der Waals surface area contributed by atoms with Crippen molar-refractivity contribution in [2.75, 3.05) is 0 Å². The zero-order valence-corrected chi connectivity index (χ0v) is 9.10. The van der Waals surface area contributed by atoms with Crippen LogP contribution in [0.5, 0.6) is 0 Å². The molecule has 13 heavy (non-hydrogen) atoms. The van der Waals surface area contributed by atoms with Crippen molar-refractivity contribution in [1.82, 2.24) is 0 Å². The van der Waals surface area contributed by atoms with Crippen molar-refractivity contribution in [2.24, 2.45) is 5.73 Å². The summed E-state index contributed by atoms with van der Waals surface area (Å²) in [5, 5.41) is 8.62. The summed E-state index contributed by atoms with van der Waals surface area (Å²) in [6.07, 6.45) is 0.525. The second-order valence-electron chi connectivity index (χ2n) is 3.00. The van der Waals surface area contributed by atoms with Crippen LogP contribution in [-0.2, 0) is 0 Å². The fourth-order valence-corrected chi connectivity index (χ4v) is 1.15. The molecule has 0 saturated heterocycles. The molecule has 0 heterocycles. The van der Waals surface area contributed by atoms with Crippen molar-refractivity contribution in [3.8, 4) is 6.07 Å². The zero-order chi connectivity index (χ0) is 10.9. The van der Waals surface area contributed by atoms with E-state index in [2.05, 4.69) is 0 Å². The van der Waals surface area contributed by atoms with Gasteiger partial charge in [-0.2, -0.15) is 5.26 Å². The lowest BCUT2D eigenvalue weighted by molar-refractivity contribution is 0.283. The lowest BCUT2D eigenvalue weighted by Crippen LogP contribution is -2.40. The maximum Gasteiger partial charge on any atom is 0.107 e. The molecule has 0 rings (SSSR count). The van der Waals surface area contributed by atoms with Gasteiger partial charge in [-0.3, -0.25) is 0 Å². The van der Waals surface area contributed by atoms with Gasteiger partial charge >= 0.3 is 0 Å². The molecule has 0 aliphatic carbocycles. The molecule has 0 fully saturated rings. The number of halogens is 1. The van der Waals surface area contributed by atoms with Gasteiger partial charge in [0, 0.05) is 6.42 Å². The molecule has 3 heteroatoms. The van der Waals surface area contributed by atoms with Crippen LogP contribution in [0.25, 0.3) is 0 Å². The number of nitrogens with zero attached hydrogens (tertiary/aromatic N) is 1. The number of hydrogen-bond donors (Lipinski definition) is 1. The van der Waals surface area contributed by atoms with Gasteiger partial charge in [0.15, 0.2) is 0 Å². The topological polar surface area (TPSA) is 49.8 Å². The average Bonchev–Trinajstić information content (AvgIpc) is 2.07. The molecule has 0 saturated carbocycles. The quantitative estimate of drug-likeness (QED) is 0.737. The van der Waals surface area contributed by atoms with Gasteiger partial charge in [-0.1, -0.05) is 27.2 Å². The van der Waals surface area contributed by atoms with E-state index in [4.69, 9.17) is 11.0 Å². The lowest BCUT2D eigenvalue weighted by atomic mass is 9.91. The molecule has 2 N–H and O–H groups in total. The van der Waals surface area contributed by atoms with Gasteiger partial charge in [0.1, 0.15) is 11.7 Å². The lowest BCUT2D eigenvalue weighted by Gasteiger charge is -2.20. The van der Waals surface area contributed by atoms with Gasteiger partial charge in [-0.05, 0) is 13.3 Å². The molecule has 0 bridgehead atoms. The third-order valence-electron chi connectivity index (χ3n) is 1.56. The van der Waals surface area contributed by atoms with Crippen LogP contribution in [0.15, 0.2) is 0 Å². The molecule has 0 spiro atoms. The van der Waals surface area contributed by atoms with Crippen LogP contribution in [0, 0.1) is 11.3 Å². The molecule has 2 atom stereocenters. The van der Waals surface area contributed by atoms with Crippen LogP contribution in [0.3, 0.4) is 0 Å². The normalized spacial score (nSPS) is 16.1. The second-order valence-corrected chi connectivity index (χ2v) is 3.00. The van der Waals surface area contributed by atoms with E-state index < -0.39 is 11.7 Å². The summed E-state index contributed by atoms with van der Waals surface area (Å²) in [6, 6.07) is 1.95. The summed E-state index contributed by atoms with van der Waals surface area (Å²) in [5.41, 5.74) is 4.65. The van der Waals surface area contributed by atoms with E-state index in [0.717, 1.165) is 6.42 Å². The molecule has 0 aromatic heterocycles. The summed E-state index contributed by atoms with van der Waals surface area (Å²) in [5.74, 6) is 0. The van der Waals surface area contributed by atoms with Crippen molar-refractivity contribution in [3.63, 3.8) is 0 Å². The monoisotopic (exact) mass is 188 g/mol. The smallest absolute Gasteiger partial charge is 0.107 e. The molecule has 0 aliphatic heterocycles. The molecule has 2 unspecified atom stereocenters. The van der Waals surface area contributed by atoms with Crippen molar-refractivity contribution >= 4 is 0 Å². The van der Waals surface area contributed by atoms with Crippen LogP contribution in [0.1, 0.15) is 47.0 Å². The van der Waals surface area contributed by atoms with Crippen molar-refractivity contribution < 1.29 is 4.39 Å². The standard InChI is InChI=1S/C8H15FN2.C2H6/c1-3-4-8(11,6-10)5-7(2)9;1-2/h7H,3-5,11H2,1-2H3;1-2H3. The Morgan fingerprint density at radius 1 is 1.54 bits per heavy atom. The Hall–Kier alpha value is -0.620. The van der Waals surface area contributed by atoms with E-state index in [0.29, 0.717) is 6.42 Å². The summed E-state index contributed by atoms with van der Waals surface area (Å²) in [4.78, 5) is 0. The van der Waals surface area contributed by atoms with Crippen LogP contribution in [0.2, 0.25) is 0 Å². The molecule has 2 nitrogen and oxygen atoms in total. The first-order valence-electron chi connectivity index (χ1n) is 4.88. The predicted octanol–water partition coefficient (Wildman–Crippen LogP) is 2.78. The maximum atomic E-state index is 12.5. The molecule has 0 aromatic rings. The number of rotatable bonds is 4. The molecular weight excluding hydrogens is 167 g/mol. The van der Waals surface area contributed by atoms with E-state index in [1.165, 1.54) is 6.92 Å². The fourth-order valence-electron chi connectivity index (χ4n) is 1.15. The van der Waals surface area contributed by atoms with Crippen molar-refractivity contribution in [3.05, 3.63) is 0 Å². The first-order valence-corrected chi connectivity index (χ1v) is 4.88. The second kappa shape index (κ2) is 8.00. The van der Waals surface area contributed by atoms with Gasteiger partial charge in [0.25, 0.3) is 0 Å². The highest BCUT2D eigenvalue weighted by Crippen LogP contribution is 2.16. The minimum atomic E-state index is -0.994. The first kappa shape index (κ1) is 14.9. The summed E-state index contributed by atoms with van der Waals surface area (Å²) in [6.45, 7) is 7.36. The van der Waals surface area contributed by atoms with E-state index in [1.54, 1.807) is 0 Å². The van der Waals surface area contributed by atoms with E-state index >= 15 is 0 Å². The minimum Gasteiger partial charge on any atom is -0.313 e. The third-order valence-corrected chi connectivity index (χ3v) is 1.56. The van der Waals surface area contributed by atoms with Gasteiger partial charge in [-0.15, -0.1) is 0 Å².